The SMILES string of the molecule is COc1ccc(NC(=O)C2(OC)CCCC2)cc1C#N. The van der Waals surface area contributed by atoms with Crippen molar-refractivity contribution in [2.45, 2.75) is 31.3 Å². The monoisotopic (exact) mass is 274 g/mol. The summed E-state index contributed by atoms with van der Waals surface area (Å²) in [7, 11) is 3.08. The lowest BCUT2D eigenvalue weighted by atomic mass is 10.0. The molecule has 0 unspecified atom stereocenters. The second-order valence-corrected chi connectivity index (χ2v) is 4.89. The minimum Gasteiger partial charge on any atom is -0.495 e. The van der Waals surface area contributed by atoms with Crippen molar-refractivity contribution >= 4 is 11.6 Å². The average Bonchev–Trinajstić information content (AvgIpc) is 2.97. The molecule has 2 rings (SSSR count). The molecule has 1 amide bonds. The van der Waals surface area contributed by atoms with Crippen LogP contribution in [0.25, 0.3) is 0 Å². The van der Waals surface area contributed by atoms with E-state index in [2.05, 4.69) is 5.32 Å². The van der Waals surface area contributed by atoms with E-state index in [0.29, 0.717) is 17.0 Å². The first-order chi connectivity index (χ1) is 9.65. The molecule has 1 aliphatic carbocycles. The Hall–Kier alpha value is -2.06. The van der Waals surface area contributed by atoms with Gasteiger partial charge in [0, 0.05) is 12.8 Å². The molecule has 0 spiro atoms. The number of carbonyl (C=O) groups is 1. The Morgan fingerprint density at radius 1 is 1.35 bits per heavy atom. The highest BCUT2D eigenvalue weighted by Crippen LogP contribution is 2.34. The lowest BCUT2D eigenvalue weighted by Crippen LogP contribution is -2.42. The van der Waals surface area contributed by atoms with Gasteiger partial charge in [-0.3, -0.25) is 4.79 Å². The van der Waals surface area contributed by atoms with Gasteiger partial charge >= 0.3 is 0 Å². The van der Waals surface area contributed by atoms with Gasteiger partial charge in [-0.15, -0.1) is 0 Å². The van der Waals surface area contributed by atoms with Crippen LogP contribution in [0.5, 0.6) is 5.75 Å². The molecular formula is C15H18N2O3. The second kappa shape index (κ2) is 5.93. The molecule has 0 aliphatic heterocycles. The van der Waals surface area contributed by atoms with Crippen molar-refractivity contribution in [1.82, 2.24) is 0 Å². The fourth-order valence-electron chi connectivity index (χ4n) is 2.59. The van der Waals surface area contributed by atoms with Crippen molar-refractivity contribution in [3.8, 4) is 11.8 Å². The van der Waals surface area contributed by atoms with Crippen LogP contribution in [0.2, 0.25) is 0 Å². The fraction of sp³-hybridized carbons (Fsp3) is 0.467. The Bertz CT molecular complexity index is 543. The highest BCUT2D eigenvalue weighted by molar-refractivity contribution is 5.97. The molecule has 1 aromatic carbocycles. The van der Waals surface area contributed by atoms with E-state index in [1.807, 2.05) is 6.07 Å². The van der Waals surface area contributed by atoms with Gasteiger partial charge in [0.1, 0.15) is 17.4 Å². The number of hydrogen-bond acceptors (Lipinski definition) is 4. The van der Waals surface area contributed by atoms with Gasteiger partial charge in [0.2, 0.25) is 0 Å². The number of hydrogen-bond donors (Lipinski definition) is 1. The van der Waals surface area contributed by atoms with E-state index in [1.54, 1.807) is 25.3 Å². The Labute approximate surface area is 118 Å². The number of benzene rings is 1. The molecule has 106 valence electrons. The molecule has 0 bridgehead atoms. The summed E-state index contributed by atoms with van der Waals surface area (Å²) in [6.45, 7) is 0. The third kappa shape index (κ3) is 2.61. The van der Waals surface area contributed by atoms with Gasteiger partial charge in [0.05, 0.1) is 12.7 Å². The largest absolute Gasteiger partial charge is 0.495 e. The van der Waals surface area contributed by atoms with Crippen LogP contribution in [0.1, 0.15) is 31.2 Å². The molecule has 1 N–H and O–H groups in total. The van der Waals surface area contributed by atoms with Crippen LogP contribution in [0, 0.1) is 11.3 Å². The summed E-state index contributed by atoms with van der Waals surface area (Å²) in [5.41, 5.74) is 0.242. The zero-order chi connectivity index (χ0) is 14.6. The van der Waals surface area contributed by atoms with E-state index >= 15 is 0 Å². The molecule has 1 aliphatic rings. The van der Waals surface area contributed by atoms with Gasteiger partial charge in [0.15, 0.2) is 0 Å². The summed E-state index contributed by atoms with van der Waals surface area (Å²) >= 11 is 0. The second-order valence-electron chi connectivity index (χ2n) is 4.89. The van der Waals surface area contributed by atoms with E-state index in [9.17, 15) is 4.79 Å². The van der Waals surface area contributed by atoms with Gasteiger partial charge in [-0.1, -0.05) is 0 Å². The predicted molar refractivity (Wildman–Crippen MR) is 74.5 cm³/mol. The van der Waals surface area contributed by atoms with E-state index in [-0.39, 0.29) is 5.91 Å². The Morgan fingerprint density at radius 3 is 2.60 bits per heavy atom. The van der Waals surface area contributed by atoms with Crippen LogP contribution < -0.4 is 10.1 Å². The average molecular weight is 274 g/mol. The van der Waals surface area contributed by atoms with Crippen molar-refractivity contribution in [2.24, 2.45) is 0 Å². The minimum absolute atomic E-state index is 0.147. The predicted octanol–water partition coefficient (Wildman–Crippen LogP) is 2.46. The first-order valence-electron chi connectivity index (χ1n) is 6.60. The first-order valence-corrected chi connectivity index (χ1v) is 6.60. The first kappa shape index (κ1) is 14.4. The third-order valence-corrected chi connectivity index (χ3v) is 3.79. The normalized spacial score (nSPS) is 16.4. The molecule has 20 heavy (non-hydrogen) atoms. The molecule has 5 heteroatoms. The maximum absolute atomic E-state index is 12.4. The lowest BCUT2D eigenvalue weighted by molar-refractivity contribution is -0.136. The van der Waals surface area contributed by atoms with Crippen molar-refractivity contribution < 1.29 is 14.3 Å². The highest BCUT2D eigenvalue weighted by atomic mass is 16.5. The molecule has 1 aromatic rings. The molecule has 1 saturated carbocycles. The summed E-state index contributed by atoms with van der Waals surface area (Å²) in [6.07, 6.45) is 3.45. The standard InChI is InChI=1S/C15H18N2O3/c1-19-13-6-5-12(9-11(13)10-16)17-14(18)15(20-2)7-3-4-8-15/h5-6,9H,3-4,7-8H2,1-2H3,(H,17,18). The van der Waals surface area contributed by atoms with Gasteiger partial charge < -0.3 is 14.8 Å². The molecule has 0 aromatic heterocycles. The number of carbonyl (C=O) groups excluding carboxylic acids is 1. The highest BCUT2D eigenvalue weighted by Gasteiger charge is 2.41. The summed E-state index contributed by atoms with van der Waals surface area (Å²) in [5, 5.41) is 11.9. The number of nitriles is 1. The molecule has 0 atom stereocenters. The number of nitrogens with one attached hydrogen (secondary N) is 1. The van der Waals surface area contributed by atoms with Crippen LogP contribution in [0.4, 0.5) is 5.69 Å². The zero-order valence-corrected chi connectivity index (χ0v) is 11.7. The summed E-state index contributed by atoms with van der Waals surface area (Å²) in [5.74, 6) is 0.347. The third-order valence-electron chi connectivity index (χ3n) is 3.79. The molecule has 1 fully saturated rings. The maximum Gasteiger partial charge on any atom is 0.256 e. The summed E-state index contributed by atoms with van der Waals surface area (Å²) in [4.78, 5) is 12.4. The fourth-order valence-corrected chi connectivity index (χ4v) is 2.59. The molecule has 0 heterocycles. The lowest BCUT2D eigenvalue weighted by Gasteiger charge is -2.26. The van der Waals surface area contributed by atoms with Crippen LogP contribution in [-0.2, 0) is 9.53 Å². The number of methoxy groups -OCH3 is 2. The van der Waals surface area contributed by atoms with Crippen LogP contribution >= 0.6 is 0 Å². The van der Waals surface area contributed by atoms with Gasteiger partial charge in [-0.05, 0) is 43.9 Å². The number of amides is 1. The number of ether oxygens (including phenoxy) is 2. The molecular weight excluding hydrogens is 256 g/mol. The Morgan fingerprint density at radius 2 is 2.05 bits per heavy atom. The van der Waals surface area contributed by atoms with Crippen LogP contribution in [-0.4, -0.2) is 25.7 Å². The van der Waals surface area contributed by atoms with Crippen LogP contribution in [0.3, 0.4) is 0 Å². The maximum atomic E-state index is 12.4. The topological polar surface area (TPSA) is 71.3 Å². The molecule has 0 saturated heterocycles. The Kier molecular flexibility index (Phi) is 4.26. The Balaban J connectivity index is 2.18. The van der Waals surface area contributed by atoms with Gasteiger partial charge in [0.25, 0.3) is 5.91 Å². The van der Waals surface area contributed by atoms with Crippen LogP contribution in [0.15, 0.2) is 18.2 Å². The zero-order valence-electron chi connectivity index (χ0n) is 11.7. The summed E-state index contributed by atoms with van der Waals surface area (Å²) in [6, 6.07) is 7.04. The van der Waals surface area contributed by atoms with E-state index in [1.165, 1.54) is 7.11 Å². The van der Waals surface area contributed by atoms with Crippen molar-refractivity contribution in [3.05, 3.63) is 23.8 Å². The van der Waals surface area contributed by atoms with E-state index < -0.39 is 5.60 Å². The van der Waals surface area contributed by atoms with Gasteiger partial charge in [-0.25, -0.2) is 0 Å². The van der Waals surface area contributed by atoms with Crippen molar-refractivity contribution in [2.75, 3.05) is 19.5 Å². The quantitative estimate of drug-likeness (QED) is 0.915. The molecule has 0 radical (unpaired) electrons. The van der Waals surface area contributed by atoms with Crippen molar-refractivity contribution in [3.63, 3.8) is 0 Å². The number of anilines is 1. The van der Waals surface area contributed by atoms with E-state index in [0.717, 1.165) is 25.7 Å². The molecule has 5 nitrogen and oxygen atoms in total. The van der Waals surface area contributed by atoms with Gasteiger partial charge in [-0.2, -0.15) is 5.26 Å². The van der Waals surface area contributed by atoms with E-state index in [4.69, 9.17) is 14.7 Å². The minimum atomic E-state index is -0.729. The van der Waals surface area contributed by atoms with Crippen molar-refractivity contribution in [1.29, 1.82) is 5.26 Å². The smallest absolute Gasteiger partial charge is 0.256 e. The number of nitrogens with zero attached hydrogens (tertiary/aromatic N) is 1. The number of rotatable bonds is 4. The summed E-state index contributed by atoms with van der Waals surface area (Å²) < 4.78 is 10.5.